The number of carbonyl (C=O) groups excluding carboxylic acids is 1. The van der Waals surface area contributed by atoms with Crippen molar-refractivity contribution in [3.05, 3.63) is 34.9 Å². The molecule has 0 radical (unpaired) electrons. The lowest BCUT2D eigenvalue weighted by Crippen LogP contribution is -2.15. The summed E-state index contributed by atoms with van der Waals surface area (Å²) in [4.78, 5) is 11.1. The molecule has 0 aliphatic carbocycles. The topological polar surface area (TPSA) is 43.4 Å². The number of ether oxygens (including phenoxy) is 1. The average molecular weight is 261 g/mol. The molecule has 16 heavy (non-hydrogen) atoms. The van der Waals surface area contributed by atoms with Gasteiger partial charge in [-0.05, 0) is 24.6 Å². The lowest BCUT2D eigenvalue weighted by molar-refractivity contribution is -0.139. The Kier molecular flexibility index (Phi) is 5.49. The maximum absolute atomic E-state index is 11.6. The van der Waals surface area contributed by atoms with E-state index in [9.17, 15) is 9.00 Å². The molecule has 1 unspecified atom stereocenters. The lowest BCUT2D eigenvalue weighted by atomic mass is 10.2. The van der Waals surface area contributed by atoms with Gasteiger partial charge in [0.15, 0.2) is 0 Å². The first-order chi connectivity index (χ1) is 7.61. The summed E-state index contributed by atoms with van der Waals surface area (Å²) in [5.74, 6) is -0.137. The van der Waals surface area contributed by atoms with Crippen molar-refractivity contribution in [1.82, 2.24) is 0 Å². The fourth-order valence-corrected chi connectivity index (χ4v) is 2.29. The van der Waals surface area contributed by atoms with Crippen molar-refractivity contribution < 1.29 is 13.7 Å². The zero-order valence-electron chi connectivity index (χ0n) is 8.94. The molecule has 0 saturated carbocycles. The fourth-order valence-electron chi connectivity index (χ4n) is 1.15. The lowest BCUT2D eigenvalue weighted by Gasteiger charge is -2.03. The minimum Gasteiger partial charge on any atom is -0.465 e. The van der Waals surface area contributed by atoms with E-state index < -0.39 is 16.8 Å². The molecule has 0 aromatic heterocycles. The predicted octanol–water partition coefficient (Wildman–Crippen LogP) is 2.15. The highest BCUT2D eigenvalue weighted by Crippen LogP contribution is 2.11. The first kappa shape index (κ1) is 13.2. The van der Waals surface area contributed by atoms with Gasteiger partial charge < -0.3 is 4.74 Å². The Hall–Kier alpha value is -0.870. The summed E-state index contributed by atoms with van der Waals surface area (Å²) in [5, 5.41) is 0.639. The fraction of sp³-hybridized carbons (Fsp3) is 0.364. The van der Waals surface area contributed by atoms with Crippen molar-refractivity contribution >= 4 is 28.4 Å². The summed E-state index contributed by atoms with van der Waals surface area (Å²) >= 11 is 5.72. The zero-order valence-corrected chi connectivity index (χ0v) is 10.5. The number of benzene rings is 1. The van der Waals surface area contributed by atoms with Crippen molar-refractivity contribution in [1.29, 1.82) is 0 Å². The third-order valence-electron chi connectivity index (χ3n) is 1.83. The molecule has 0 saturated heterocycles. The maximum Gasteiger partial charge on any atom is 0.318 e. The molecular weight excluding hydrogens is 248 g/mol. The SMILES string of the molecule is CCOC(=O)CS(=O)Cc1ccc(Cl)cc1. The minimum atomic E-state index is -1.23. The van der Waals surface area contributed by atoms with E-state index in [0.717, 1.165) is 5.56 Å². The van der Waals surface area contributed by atoms with Gasteiger partial charge in [0.05, 0.1) is 6.61 Å². The van der Waals surface area contributed by atoms with Gasteiger partial charge in [-0.2, -0.15) is 0 Å². The summed E-state index contributed by atoms with van der Waals surface area (Å²) in [6.45, 7) is 2.04. The third-order valence-corrected chi connectivity index (χ3v) is 3.29. The van der Waals surface area contributed by atoms with Crippen LogP contribution in [0.4, 0.5) is 0 Å². The highest BCUT2D eigenvalue weighted by molar-refractivity contribution is 7.84. The van der Waals surface area contributed by atoms with Crippen molar-refractivity contribution in [3.8, 4) is 0 Å². The van der Waals surface area contributed by atoms with Gasteiger partial charge in [-0.25, -0.2) is 0 Å². The molecule has 5 heteroatoms. The maximum atomic E-state index is 11.6. The Morgan fingerprint density at radius 2 is 2.00 bits per heavy atom. The molecule has 1 aromatic carbocycles. The molecule has 1 atom stereocenters. The molecule has 0 heterocycles. The molecular formula is C11H13ClO3S. The van der Waals surface area contributed by atoms with Crippen LogP contribution in [-0.2, 0) is 26.1 Å². The quantitative estimate of drug-likeness (QED) is 0.762. The first-order valence-electron chi connectivity index (χ1n) is 4.87. The van der Waals surface area contributed by atoms with Crippen molar-refractivity contribution in [2.45, 2.75) is 12.7 Å². The minimum absolute atomic E-state index is 0.0591. The van der Waals surface area contributed by atoms with Crippen LogP contribution in [0.2, 0.25) is 5.02 Å². The van der Waals surface area contributed by atoms with Gasteiger partial charge in [-0.1, -0.05) is 23.7 Å². The number of hydrogen-bond donors (Lipinski definition) is 0. The summed E-state index contributed by atoms with van der Waals surface area (Å²) in [6, 6.07) is 7.06. The van der Waals surface area contributed by atoms with Gasteiger partial charge >= 0.3 is 5.97 Å². The monoisotopic (exact) mass is 260 g/mol. The van der Waals surface area contributed by atoms with Crippen LogP contribution in [0.5, 0.6) is 0 Å². The van der Waals surface area contributed by atoms with E-state index >= 15 is 0 Å². The molecule has 0 bridgehead atoms. The zero-order chi connectivity index (χ0) is 12.0. The second kappa shape index (κ2) is 6.66. The molecule has 0 aliphatic rings. The molecule has 0 N–H and O–H groups in total. The molecule has 1 aromatic rings. The van der Waals surface area contributed by atoms with Crippen LogP contribution in [0.25, 0.3) is 0 Å². The van der Waals surface area contributed by atoms with E-state index in [1.165, 1.54) is 0 Å². The Bertz CT molecular complexity index is 375. The van der Waals surface area contributed by atoms with Gasteiger partial charge in [0.2, 0.25) is 0 Å². The smallest absolute Gasteiger partial charge is 0.318 e. The summed E-state index contributed by atoms with van der Waals surface area (Å²) in [5.41, 5.74) is 0.895. The Balaban J connectivity index is 2.45. The van der Waals surface area contributed by atoms with E-state index in [2.05, 4.69) is 0 Å². The van der Waals surface area contributed by atoms with Gasteiger partial charge in [-0.15, -0.1) is 0 Å². The molecule has 1 rings (SSSR count). The normalized spacial score (nSPS) is 12.1. The highest BCUT2D eigenvalue weighted by Gasteiger charge is 2.09. The molecule has 0 fully saturated rings. The van der Waals surface area contributed by atoms with Crippen LogP contribution in [-0.4, -0.2) is 22.5 Å². The Morgan fingerprint density at radius 1 is 1.38 bits per heavy atom. The molecule has 3 nitrogen and oxygen atoms in total. The van der Waals surface area contributed by atoms with E-state index in [-0.39, 0.29) is 5.75 Å². The summed E-state index contributed by atoms with van der Waals surface area (Å²) in [6.07, 6.45) is 0. The van der Waals surface area contributed by atoms with Crippen LogP contribution in [0.1, 0.15) is 12.5 Å². The van der Waals surface area contributed by atoms with Crippen molar-refractivity contribution in [3.63, 3.8) is 0 Å². The number of esters is 1. The molecule has 0 aliphatic heterocycles. The third kappa shape index (κ3) is 4.77. The van der Waals surface area contributed by atoms with Gasteiger partial charge in [0.25, 0.3) is 0 Å². The van der Waals surface area contributed by atoms with Gasteiger partial charge in [0, 0.05) is 21.6 Å². The Morgan fingerprint density at radius 3 is 2.56 bits per heavy atom. The predicted molar refractivity (Wildman–Crippen MR) is 64.8 cm³/mol. The van der Waals surface area contributed by atoms with Crippen LogP contribution >= 0.6 is 11.6 Å². The van der Waals surface area contributed by atoms with Gasteiger partial charge in [-0.3, -0.25) is 9.00 Å². The van der Waals surface area contributed by atoms with Crippen LogP contribution in [0.15, 0.2) is 24.3 Å². The Labute approximate surface area is 102 Å². The molecule has 0 spiro atoms. The van der Waals surface area contributed by atoms with Gasteiger partial charge in [0.1, 0.15) is 5.75 Å². The van der Waals surface area contributed by atoms with E-state index in [0.29, 0.717) is 17.4 Å². The summed E-state index contributed by atoms with van der Waals surface area (Å²) < 4.78 is 16.3. The van der Waals surface area contributed by atoms with E-state index in [1.807, 2.05) is 0 Å². The molecule has 88 valence electrons. The van der Waals surface area contributed by atoms with E-state index in [4.69, 9.17) is 16.3 Å². The van der Waals surface area contributed by atoms with Crippen molar-refractivity contribution in [2.24, 2.45) is 0 Å². The van der Waals surface area contributed by atoms with Crippen molar-refractivity contribution in [2.75, 3.05) is 12.4 Å². The second-order valence-corrected chi connectivity index (χ2v) is 5.05. The molecule has 0 amide bonds. The summed E-state index contributed by atoms with van der Waals surface area (Å²) in [7, 11) is -1.23. The number of rotatable bonds is 5. The standard InChI is InChI=1S/C11H13ClO3S/c1-2-15-11(13)8-16(14)7-9-3-5-10(12)6-4-9/h3-6H,2,7-8H2,1H3. The van der Waals surface area contributed by atoms with Crippen LogP contribution in [0, 0.1) is 0 Å². The number of halogens is 1. The number of carbonyl (C=O) groups is 1. The first-order valence-corrected chi connectivity index (χ1v) is 6.73. The second-order valence-electron chi connectivity index (χ2n) is 3.16. The van der Waals surface area contributed by atoms with Crippen LogP contribution in [0.3, 0.4) is 0 Å². The average Bonchev–Trinajstić information content (AvgIpc) is 2.21. The van der Waals surface area contributed by atoms with Crippen LogP contribution < -0.4 is 0 Å². The largest absolute Gasteiger partial charge is 0.465 e. The number of hydrogen-bond acceptors (Lipinski definition) is 3. The highest BCUT2D eigenvalue weighted by atomic mass is 35.5. The van der Waals surface area contributed by atoms with E-state index in [1.54, 1.807) is 31.2 Å².